The maximum Gasteiger partial charge on any atom is 0.130 e. The van der Waals surface area contributed by atoms with Gasteiger partial charge in [0.1, 0.15) is 12.0 Å². The Kier molecular flexibility index (Phi) is 6.20. The number of aliphatic hydroxyl groups is 2. The van der Waals surface area contributed by atoms with Crippen LogP contribution in [0.4, 0.5) is 0 Å². The molecule has 0 bridgehead atoms. The minimum Gasteiger partial charge on any atom is -0.493 e. The van der Waals surface area contributed by atoms with Crippen LogP contribution in [0.5, 0.6) is 5.75 Å². The lowest BCUT2D eigenvalue weighted by molar-refractivity contribution is -0.0814. The molecule has 0 saturated carbocycles. The number of benzene rings is 2. The summed E-state index contributed by atoms with van der Waals surface area (Å²) in [6, 6.07) is 11.6. The molecule has 6 nitrogen and oxygen atoms in total. The summed E-state index contributed by atoms with van der Waals surface area (Å²) in [6.45, 7) is 1.48. The quantitative estimate of drug-likeness (QED) is 0.354. The molecule has 1 aliphatic rings. The van der Waals surface area contributed by atoms with Gasteiger partial charge in [-0.05, 0) is 24.3 Å². The molecule has 1 atom stereocenters. The number of H-pyrrole nitrogens is 1. The van der Waals surface area contributed by atoms with Crippen molar-refractivity contribution in [1.82, 2.24) is 14.9 Å². The van der Waals surface area contributed by atoms with Crippen molar-refractivity contribution in [3.63, 3.8) is 0 Å². The first kappa shape index (κ1) is 22.4. The van der Waals surface area contributed by atoms with E-state index in [1.165, 1.54) is 0 Å². The topological polar surface area (TPSA) is 81.6 Å². The summed E-state index contributed by atoms with van der Waals surface area (Å²) in [7, 11) is 0. The second-order valence-electron chi connectivity index (χ2n) is 8.53. The predicted molar refractivity (Wildman–Crippen MR) is 131 cm³/mol. The predicted octanol–water partition coefficient (Wildman–Crippen LogP) is 5.09. The van der Waals surface area contributed by atoms with E-state index in [4.69, 9.17) is 27.9 Å². The lowest BCUT2D eigenvalue weighted by atomic mass is 9.83. The number of nitrogens with one attached hydrogen (secondary N) is 1. The second kappa shape index (κ2) is 9.12. The molecule has 2 aromatic carbocycles. The van der Waals surface area contributed by atoms with Crippen molar-refractivity contribution in [1.29, 1.82) is 0 Å². The lowest BCUT2D eigenvalue weighted by Gasteiger charge is -2.40. The molecule has 8 heteroatoms. The molecular formula is C25H25Cl2N3O3. The molecule has 0 radical (unpaired) electrons. The summed E-state index contributed by atoms with van der Waals surface area (Å²) in [5.41, 5.74) is 0.631. The molecule has 3 heterocycles. The van der Waals surface area contributed by atoms with Crippen LogP contribution >= 0.6 is 23.2 Å². The number of hydrogen-bond donors (Lipinski definition) is 3. The number of piperidine rings is 1. The van der Waals surface area contributed by atoms with Crippen LogP contribution in [0.15, 0.2) is 55.0 Å². The highest BCUT2D eigenvalue weighted by molar-refractivity contribution is 6.45. The van der Waals surface area contributed by atoms with Crippen LogP contribution in [-0.4, -0.2) is 51.0 Å². The van der Waals surface area contributed by atoms with Gasteiger partial charge in [0.15, 0.2) is 0 Å². The molecule has 0 amide bonds. The third-order valence-electron chi connectivity index (χ3n) is 6.55. The summed E-state index contributed by atoms with van der Waals surface area (Å²) in [5.74, 6) is 0.629. The van der Waals surface area contributed by atoms with E-state index in [-0.39, 0.29) is 0 Å². The summed E-state index contributed by atoms with van der Waals surface area (Å²) >= 11 is 12.4. The van der Waals surface area contributed by atoms with E-state index in [0.29, 0.717) is 54.8 Å². The van der Waals surface area contributed by atoms with Gasteiger partial charge in [-0.1, -0.05) is 47.5 Å². The maximum absolute atomic E-state index is 11.4. The largest absolute Gasteiger partial charge is 0.493 e. The first-order chi connectivity index (χ1) is 16.0. The van der Waals surface area contributed by atoms with Gasteiger partial charge in [-0.25, -0.2) is 0 Å². The molecule has 5 rings (SSSR count). The van der Waals surface area contributed by atoms with Crippen molar-refractivity contribution in [3.05, 3.63) is 70.6 Å². The van der Waals surface area contributed by atoms with Gasteiger partial charge in [0.05, 0.1) is 27.8 Å². The van der Waals surface area contributed by atoms with Gasteiger partial charge in [0.25, 0.3) is 0 Å². The summed E-state index contributed by atoms with van der Waals surface area (Å²) < 4.78 is 5.93. The van der Waals surface area contributed by atoms with Crippen LogP contribution in [0.25, 0.3) is 21.7 Å². The van der Waals surface area contributed by atoms with Gasteiger partial charge < -0.3 is 19.9 Å². The monoisotopic (exact) mass is 485 g/mol. The molecule has 3 N–H and O–H groups in total. The van der Waals surface area contributed by atoms with Gasteiger partial charge in [-0.2, -0.15) is 0 Å². The second-order valence-corrected chi connectivity index (χ2v) is 9.32. The van der Waals surface area contributed by atoms with Gasteiger partial charge >= 0.3 is 0 Å². The molecule has 2 aromatic heterocycles. The molecule has 1 saturated heterocycles. The first-order valence-electron chi connectivity index (χ1n) is 11.0. The van der Waals surface area contributed by atoms with E-state index in [2.05, 4.69) is 9.97 Å². The average molecular weight is 486 g/mol. The number of rotatable bonds is 6. The van der Waals surface area contributed by atoms with Crippen molar-refractivity contribution in [2.24, 2.45) is 0 Å². The van der Waals surface area contributed by atoms with Gasteiger partial charge in [0, 0.05) is 60.5 Å². The fourth-order valence-electron chi connectivity index (χ4n) is 4.66. The molecule has 33 heavy (non-hydrogen) atoms. The molecule has 0 spiro atoms. The third kappa shape index (κ3) is 4.29. The van der Waals surface area contributed by atoms with E-state index in [1.54, 1.807) is 18.5 Å². The Morgan fingerprint density at radius 2 is 1.91 bits per heavy atom. The normalized spacial score (nSPS) is 17.5. The molecule has 1 aliphatic heterocycles. The summed E-state index contributed by atoms with van der Waals surface area (Å²) in [6.07, 6.45) is 6.19. The minimum atomic E-state index is -0.958. The molecule has 172 valence electrons. The highest BCUT2D eigenvalue weighted by Gasteiger charge is 2.37. The zero-order valence-corrected chi connectivity index (χ0v) is 19.5. The maximum atomic E-state index is 11.4. The number of nitrogens with zero attached hydrogens (tertiary/aromatic N) is 2. The standard InChI is InChI=1S/C25H25Cl2N3O3/c26-20-13-21(18-5-9-29-24(18)23(20)27)33-12-6-22(31)30-10-7-25(32,8-11-30)19-15-28-14-16-3-1-2-4-17(16)19/h1-5,9,13-15,22,29,31-32H,6-8,10-12H2/t22-/m1/s1. The van der Waals surface area contributed by atoms with E-state index >= 15 is 0 Å². The molecule has 0 aliphatic carbocycles. The van der Waals surface area contributed by atoms with Crippen molar-refractivity contribution >= 4 is 44.9 Å². The van der Waals surface area contributed by atoms with E-state index in [1.807, 2.05) is 41.4 Å². The highest BCUT2D eigenvalue weighted by atomic mass is 35.5. The third-order valence-corrected chi connectivity index (χ3v) is 7.34. The first-order valence-corrected chi connectivity index (χ1v) is 11.8. The summed E-state index contributed by atoms with van der Waals surface area (Å²) in [5, 5.41) is 25.9. The Bertz CT molecular complexity index is 1280. The Morgan fingerprint density at radius 3 is 2.73 bits per heavy atom. The van der Waals surface area contributed by atoms with Crippen molar-refractivity contribution < 1.29 is 14.9 Å². The fourth-order valence-corrected chi connectivity index (χ4v) is 5.06. The number of fused-ring (bicyclic) bond motifs is 2. The lowest BCUT2D eigenvalue weighted by Crippen LogP contribution is -2.47. The number of ether oxygens (including phenoxy) is 1. The Morgan fingerprint density at radius 1 is 1.12 bits per heavy atom. The van der Waals surface area contributed by atoms with Crippen molar-refractivity contribution in [2.75, 3.05) is 19.7 Å². The van der Waals surface area contributed by atoms with E-state index < -0.39 is 11.8 Å². The number of aromatic amines is 1. The van der Waals surface area contributed by atoms with Crippen LogP contribution in [0.1, 0.15) is 24.8 Å². The summed E-state index contributed by atoms with van der Waals surface area (Å²) in [4.78, 5) is 9.38. The Hall–Kier alpha value is -2.35. The number of aromatic nitrogens is 2. The Balaban J connectivity index is 1.20. The smallest absolute Gasteiger partial charge is 0.130 e. The highest BCUT2D eigenvalue weighted by Crippen LogP contribution is 2.38. The van der Waals surface area contributed by atoms with Crippen LogP contribution in [-0.2, 0) is 5.60 Å². The number of aliphatic hydroxyl groups excluding tert-OH is 1. The van der Waals surface area contributed by atoms with Crippen LogP contribution < -0.4 is 4.74 Å². The SMILES string of the molecule is O[C@H](CCOc1cc(Cl)c(Cl)c2[nH]ccc12)N1CCC(O)(c2cncc3ccccc23)CC1. The Labute approximate surface area is 201 Å². The fraction of sp³-hybridized carbons (Fsp3) is 0.320. The van der Waals surface area contributed by atoms with Gasteiger partial charge in [-0.15, -0.1) is 0 Å². The van der Waals surface area contributed by atoms with Gasteiger partial charge in [-0.3, -0.25) is 9.88 Å². The number of halogens is 2. The van der Waals surface area contributed by atoms with E-state index in [9.17, 15) is 10.2 Å². The number of likely N-dealkylation sites (tertiary alicyclic amines) is 1. The zero-order chi connectivity index (χ0) is 23.0. The van der Waals surface area contributed by atoms with Crippen LogP contribution in [0, 0.1) is 0 Å². The molecule has 0 unspecified atom stereocenters. The average Bonchev–Trinajstić information content (AvgIpc) is 3.33. The number of hydrogen-bond acceptors (Lipinski definition) is 5. The zero-order valence-electron chi connectivity index (χ0n) is 18.0. The molecule has 1 fully saturated rings. The minimum absolute atomic E-state index is 0.327. The van der Waals surface area contributed by atoms with Crippen molar-refractivity contribution in [3.8, 4) is 5.75 Å². The van der Waals surface area contributed by atoms with Crippen molar-refractivity contribution in [2.45, 2.75) is 31.1 Å². The number of pyridine rings is 1. The molecular weight excluding hydrogens is 461 g/mol. The van der Waals surface area contributed by atoms with Gasteiger partial charge in [0.2, 0.25) is 0 Å². The van der Waals surface area contributed by atoms with Crippen LogP contribution in [0.2, 0.25) is 10.0 Å². The van der Waals surface area contributed by atoms with E-state index in [0.717, 1.165) is 27.2 Å². The molecule has 4 aromatic rings. The van der Waals surface area contributed by atoms with Crippen LogP contribution in [0.3, 0.4) is 0 Å².